The molecule has 0 aliphatic carbocycles. The number of ether oxygens (including phenoxy) is 1. The summed E-state index contributed by atoms with van der Waals surface area (Å²) in [4.78, 5) is 25.1. The van der Waals surface area contributed by atoms with Crippen LogP contribution in [0.1, 0.15) is 25.8 Å². The van der Waals surface area contributed by atoms with Gasteiger partial charge in [-0.15, -0.1) is 0 Å². The number of cyclic esters (lactones) is 1. The molecule has 5 nitrogen and oxygen atoms in total. The molecule has 1 N–H and O–H groups in total. The Morgan fingerprint density at radius 2 is 2.24 bits per heavy atom. The second-order valence-electron chi connectivity index (χ2n) is 5.86. The Morgan fingerprint density at radius 3 is 2.90 bits per heavy atom. The maximum Gasteiger partial charge on any atom is 0.414 e. The van der Waals surface area contributed by atoms with Crippen LogP contribution in [0.5, 0.6) is 0 Å². The molecule has 1 fully saturated rings. The van der Waals surface area contributed by atoms with E-state index in [2.05, 4.69) is 5.32 Å². The summed E-state index contributed by atoms with van der Waals surface area (Å²) >= 11 is 0. The number of hydrogen-bond acceptors (Lipinski definition) is 3. The topological polar surface area (TPSA) is 58.6 Å². The lowest BCUT2D eigenvalue weighted by molar-refractivity contribution is -0.122. The van der Waals surface area contributed by atoms with Crippen molar-refractivity contribution >= 4 is 17.7 Å². The van der Waals surface area contributed by atoms with E-state index in [0.29, 0.717) is 25.4 Å². The van der Waals surface area contributed by atoms with Crippen LogP contribution in [0.3, 0.4) is 0 Å². The third-order valence-electron chi connectivity index (χ3n) is 3.31. The van der Waals surface area contributed by atoms with Crippen molar-refractivity contribution in [1.82, 2.24) is 5.32 Å². The molecule has 0 radical (unpaired) electrons. The number of rotatable bonds is 5. The summed E-state index contributed by atoms with van der Waals surface area (Å²) in [7, 11) is 0. The third kappa shape index (κ3) is 4.21. The maximum atomic E-state index is 11.9. The van der Waals surface area contributed by atoms with Crippen LogP contribution < -0.4 is 10.2 Å². The van der Waals surface area contributed by atoms with E-state index in [0.717, 1.165) is 11.3 Å². The molecule has 1 aromatic rings. The number of carbonyl (C=O) groups is 2. The molecular formula is C16H22N2O3. The van der Waals surface area contributed by atoms with Gasteiger partial charge in [-0.25, -0.2) is 4.79 Å². The van der Waals surface area contributed by atoms with Gasteiger partial charge in [-0.2, -0.15) is 0 Å². The van der Waals surface area contributed by atoms with Crippen molar-refractivity contribution in [2.45, 2.75) is 33.3 Å². The molecule has 0 spiro atoms. The average molecular weight is 290 g/mol. The molecule has 1 atom stereocenters. The minimum absolute atomic E-state index is 0.00458. The van der Waals surface area contributed by atoms with Gasteiger partial charge < -0.3 is 10.1 Å². The second kappa shape index (κ2) is 6.61. The van der Waals surface area contributed by atoms with E-state index < -0.39 is 0 Å². The Morgan fingerprint density at radius 1 is 1.48 bits per heavy atom. The molecule has 0 saturated carbocycles. The molecule has 1 aromatic carbocycles. The highest BCUT2D eigenvalue weighted by molar-refractivity contribution is 5.89. The second-order valence-corrected chi connectivity index (χ2v) is 5.86. The largest absolute Gasteiger partial charge is 0.442 e. The van der Waals surface area contributed by atoms with E-state index in [-0.39, 0.29) is 18.1 Å². The van der Waals surface area contributed by atoms with Crippen LogP contribution in [0.25, 0.3) is 0 Å². The van der Waals surface area contributed by atoms with E-state index in [9.17, 15) is 9.59 Å². The molecule has 0 aromatic heterocycles. The Kier molecular flexibility index (Phi) is 4.83. The van der Waals surface area contributed by atoms with Gasteiger partial charge in [0.2, 0.25) is 5.91 Å². The Bertz CT molecular complexity index is 528. The summed E-state index contributed by atoms with van der Waals surface area (Å²) < 4.78 is 5.30. The average Bonchev–Trinajstić information content (AvgIpc) is 2.77. The number of carbonyl (C=O) groups excluding carboxylic acids is 2. The van der Waals surface area contributed by atoms with Crippen molar-refractivity contribution < 1.29 is 14.3 Å². The smallest absolute Gasteiger partial charge is 0.414 e. The van der Waals surface area contributed by atoms with Gasteiger partial charge in [-0.3, -0.25) is 9.69 Å². The quantitative estimate of drug-likeness (QED) is 0.906. The van der Waals surface area contributed by atoms with Crippen molar-refractivity contribution in [3.05, 3.63) is 29.8 Å². The normalized spacial score (nSPS) is 18.0. The molecule has 1 aliphatic heterocycles. The fourth-order valence-electron chi connectivity index (χ4n) is 2.31. The fourth-order valence-corrected chi connectivity index (χ4v) is 2.31. The van der Waals surface area contributed by atoms with Gasteiger partial charge in [0.1, 0.15) is 6.10 Å². The number of benzene rings is 1. The molecule has 21 heavy (non-hydrogen) atoms. The highest BCUT2D eigenvalue weighted by atomic mass is 16.6. The van der Waals surface area contributed by atoms with E-state index in [1.165, 1.54) is 0 Å². The first-order chi connectivity index (χ1) is 9.95. The molecule has 0 bridgehead atoms. The molecule has 1 unspecified atom stereocenters. The van der Waals surface area contributed by atoms with Gasteiger partial charge in [0.05, 0.1) is 13.1 Å². The van der Waals surface area contributed by atoms with Gasteiger partial charge in [0.25, 0.3) is 0 Å². The number of amides is 2. The van der Waals surface area contributed by atoms with Crippen molar-refractivity contribution in [3.8, 4) is 0 Å². The first-order valence-electron chi connectivity index (χ1n) is 7.27. The summed E-state index contributed by atoms with van der Waals surface area (Å²) in [5.74, 6) is 0.315. The summed E-state index contributed by atoms with van der Waals surface area (Å²) in [5.41, 5.74) is 1.92. The predicted molar refractivity (Wildman–Crippen MR) is 81.3 cm³/mol. The van der Waals surface area contributed by atoms with Crippen LogP contribution in [-0.4, -0.2) is 31.2 Å². The van der Waals surface area contributed by atoms with Gasteiger partial charge >= 0.3 is 6.09 Å². The lowest BCUT2D eigenvalue weighted by Crippen LogP contribution is -2.35. The number of nitrogens with zero attached hydrogens (tertiary/aromatic N) is 1. The van der Waals surface area contributed by atoms with Gasteiger partial charge in [-0.1, -0.05) is 26.0 Å². The molecule has 5 heteroatoms. The lowest BCUT2D eigenvalue weighted by atomic mass is 10.1. The number of anilines is 1. The predicted octanol–water partition coefficient (Wildman–Crippen LogP) is 2.48. The van der Waals surface area contributed by atoms with Crippen LogP contribution in [-0.2, 0) is 9.53 Å². The van der Waals surface area contributed by atoms with Gasteiger partial charge in [0, 0.05) is 12.1 Å². The summed E-state index contributed by atoms with van der Waals surface area (Å²) in [6.07, 6.45) is -0.166. The van der Waals surface area contributed by atoms with E-state index in [4.69, 9.17) is 4.74 Å². The van der Waals surface area contributed by atoms with E-state index >= 15 is 0 Å². The van der Waals surface area contributed by atoms with Crippen molar-refractivity contribution in [2.24, 2.45) is 5.92 Å². The fraction of sp³-hybridized carbons (Fsp3) is 0.500. The van der Waals surface area contributed by atoms with Crippen LogP contribution in [0.2, 0.25) is 0 Å². The molecule has 1 saturated heterocycles. The zero-order valence-corrected chi connectivity index (χ0v) is 12.8. The molecule has 1 heterocycles. The van der Waals surface area contributed by atoms with Crippen LogP contribution in [0.15, 0.2) is 24.3 Å². The minimum atomic E-state index is -0.358. The standard InChI is InChI=1S/C16H22N2O3/c1-11(2)7-15(19)17-9-14-10-18(16(20)21-14)13-6-4-5-12(3)8-13/h4-6,8,11,14H,7,9-10H2,1-3H3,(H,17,19). The highest BCUT2D eigenvalue weighted by Crippen LogP contribution is 2.22. The van der Waals surface area contributed by atoms with Crippen LogP contribution in [0.4, 0.5) is 10.5 Å². The molecule has 114 valence electrons. The SMILES string of the molecule is Cc1cccc(N2CC(CNC(=O)CC(C)C)OC2=O)c1. The van der Waals surface area contributed by atoms with Gasteiger partial charge in [-0.05, 0) is 30.5 Å². The van der Waals surface area contributed by atoms with Crippen molar-refractivity contribution in [1.29, 1.82) is 0 Å². The van der Waals surface area contributed by atoms with Crippen LogP contribution >= 0.6 is 0 Å². The Hall–Kier alpha value is -2.04. The van der Waals surface area contributed by atoms with Crippen molar-refractivity contribution in [2.75, 3.05) is 18.0 Å². The Labute approximate surface area is 125 Å². The van der Waals surface area contributed by atoms with Gasteiger partial charge in [0.15, 0.2) is 0 Å². The number of hydrogen-bond donors (Lipinski definition) is 1. The zero-order chi connectivity index (χ0) is 15.4. The summed E-state index contributed by atoms with van der Waals surface area (Å²) in [5, 5.41) is 2.82. The summed E-state index contributed by atoms with van der Waals surface area (Å²) in [6.45, 7) is 6.79. The lowest BCUT2D eigenvalue weighted by Gasteiger charge is -2.13. The third-order valence-corrected chi connectivity index (χ3v) is 3.31. The monoisotopic (exact) mass is 290 g/mol. The van der Waals surface area contributed by atoms with E-state index in [1.54, 1.807) is 4.90 Å². The summed E-state index contributed by atoms with van der Waals surface area (Å²) in [6, 6.07) is 7.72. The number of nitrogens with one attached hydrogen (secondary N) is 1. The molecule has 1 aliphatic rings. The molecule has 2 rings (SSSR count). The Balaban J connectivity index is 1.89. The zero-order valence-electron chi connectivity index (χ0n) is 12.8. The van der Waals surface area contributed by atoms with Crippen LogP contribution in [0, 0.1) is 12.8 Å². The number of aryl methyl sites for hydroxylation is 1. The molecular weight excluding hydrogens is 268 g/mol. The molecule has 2 amide bonds. The van der Waals surface area contributed by atoms with Crippen molar-refractivity contribution in [3.63, 3.8) is 0 Å². The maximum absolute atomic E-state index is 11.9. The highest BCUT2D eigenvalue weighted by Gasteiger charge is 2.32. The minimum Gasteiger partial charge on any atom is -0.442 e. The first-order valence-corrected chi connectivity index (χ1v) is 7.27. The van der Waals surface area contributed by atoms with E-state index in [1.807, 2.05) is 45.0 Å². The first kappa shape index (κ1) is 15.4.